The Morgan fingerprint density at radius 3 is 0.360 bits per heavy atom. The van der Waals surface area contributed by atoms with Crippen molar-refractivity contribution in [2.45, 2.75) is 0 Å². The Kier molecular flexibility index (Phi) is 99.8. The molecule has 0 fully saturated rings. The fourth-order valence-electron chi connectivity index (χ4n) is 0. The van der Waals surface area contributed by atoms with Gasteiger partial charge >= 0.3 is 51.7 Å². The summed E-state index contributed by atoms with van der Waals surface area (Å²) in [7, 11) is 0. The maximum Gasteiger partial charge on any atom is 3.00 e. The minimum Gasteiger partial charge on any atom is -0.543 e. The van der Waals surface area contributed by atoms with E-state index in [1.807, 2.05) is 0 Å². The molecule has 0 spiro atoms. The van der Waals surface area contributed by atoms with Gasteiger partial charge in [-0.15, -0.1) is 0 Å². The third-order valence-electron chi connectivity index (χ3n) is 0.500. The van der Waals surface area contributed by atoms with Crippen LogP contribution in [0.25, 0.3) is 0 Å². The van der Waals surface area contributed by atoms with Gasteiger partial charge in [0.1, 0.15) is 0 Å². The number of rotatable bonds is 0. The predicted octanol–water partition coefficient (Wildman–Crippen LogP) is -14.7. The fraction of sp³-hybridized carbons (Fsp3) is 0. The maximum absolute atomic E-state index is 8.93. The molecule has 0 heterocycles. The van der Waals surface area contributed by atoms with Gasteiger partial charge in [0.05, 0.1) is 35.8 Å². The van der Waals surface area contributed by atoms with E-state index < -0.39 is 35.8 Å². The fourth-order valence-corrected chi connectivity index (χ4v) is 0. The van der Waals surface area contributed by atoms with E-state index >= 15 is 0 Å². The summed E-state index contributed by atoms with van der Waals surface area (Å²) in [6.07, 6.45) is 0. The zero-order valence-electron chi connectivity index (χ0n) is 11.6. The molecule has 0 amide bonds. The van der Waals surface area contributed by atoms with Gasteiger partial charge in [0.2, 0.25) is 0 Å². The van der Waals surface area contributed by atoms with Gasteiger partial charge < -0.3 is 86.8 Å². The second kappa shape index (κ2) is 38.1. The molecule has 0 saturated heterocycles. The quantitative estimate of drug-likeness (QED) is 0.314. The van der Waals surface area contributed by atoms with Crippen LogP contribution in [0, 0.1) is 0 Å². The first-order valence-corrected chi connectivity index (χ1v) is 3.20. The molecule has 17 nitrogen and oxygen atoms in total. The van der Waals surface area contributed by atoms with Crippen LogP contribution in [0.4, 0.5) is 0 Å². The molecular weight excluding hydrogens is 434 g/mol. The first-order chi connectivity index (χ1) is 7.93. The van der Waals surface area contributed by atoms with Crippen molar-refractivity contribution < 1.29 is 138 Å². The molecule has 0 aliphatic heterocycles. The molecule has 0 aromatic carbocycles. The SMILES string of the molecule is O.O.O.O.O.O=C([O-])C(=O)[O-].O=C([O-])C(=O)[O-].O=C([O-])C(=O)[O-].[Sc+3].[Sc+3]. The average molecular weight is 444 g/mol. The molecule has 0 aromatic heterocycles. The number of carboxylic acids is 6. The molecule has 0 atom stereocenters. The maximum atomic E-state index is 8.93. The van der Waals surface area contributed by atoms with Crippen LogP contribution in [0.5, 0.6) is 0 Å². The van der Waals surface area contributed by atoms with Gasteiger partial charge in [0.25, 0.3) is 0 Å². The van der Waals surface area contributed by atoms with Crippen LogP contribution in [0.2, 0.25) is 0 Å². The van der Waals surface area contributed by atoms with E-state index in [-0.39, 0.29) is 79.1 Å². The summed E-state index contributed by atoms with van der Waals surface area (Å²) in [4.78, 5) is 53.6. The van der Waals surface area contributed by atoms with Gasteiger partial charge in [0.15, 0.2) is 0 Å². The van der Waals surface area contributed by atoms with Gasteiger partial charge in [-0.05, 0) is 0 Å². The van der Waals surface area contributed by atoms with Crippen molar-refractivity contribution in [3.05, 3.63) is 0 Å². The summed E-state index contributed by atoms with van der Waals surface area (Å²) in [5, 5.41) is 53.6. The van der Waals surface area contributed by atoms with E-state index in [2.05, 4.69) is 0 Å². The molecule has 25 heavy (non-hydrogen) atoms. The Morgan fingerprint density at radius 1 is 0.320 bits per heavy atom. The van der Waals surface area contributed by atoms with Crippen molar-refractivity contribution in [1.29, 1.82) is 0 Å². The van der Waals surface area contributed by atoms with E-state index in [0.29, 0.717) is 0 Å². The number of carbonyl (C=O) groups is 6. The van der Waals surface area contributed by atoms with E-state index in [1.165, 1.54) is 0 Å². The monoisotopic (exact) mass is 444 g/mol. The second-order valence-corrected chi connectivity index (χ2v) is 1.72. The minimum absolute atomic E-state index is 0. The average Bonchev–Trinajstić information content (AvgIpc) is 2.18. The molecule has 0 aliphatic carbocycles. The van der Waals surface area contributed by atoms with Crippen LogP contribution in [0.3, 0.4) is 0 Å². The molecule has 0 saturated carbocycles. The molecule has 0 rings (SSSR count). The van der Waals surface area contributed by atoms with Crippen molar-refractivity contribution in [1.82, 2.24) is 0 Å². The Hall–Kier alpha value is -1.64. The van der Waals surface area contributed by atoms with Gasteiger partial charge in [0, 0.05) is 0 Å². The molecule has 0 radical (unpaired) electrons. The number of hydrogen-bond acceptors (Lipinski definition) is 12. The normalized spacial score (nSPS) is 5.28. The van der Waals surface area contributed by atoms with E-state index in [9.17, 15) is 0 Å². The van der Waals surface area contributed by atoms with Crippen LogP contribution in [-0.2, 0) is 80.5 Å². The van der Waals surface area contributed by atoms with Crippen molar-refractivity contribution in [2.24, 2.45) is 0 Å². The van der Waals surface area contributed by atoms with Gasteiger partial charge in [-0.2, -0.15) is 0 Å². The summed E-state index contributed by atoms with van der Waals surface area (Å²) >= 11 is 0. The summed E-state index contributed by atoms with van der Waals surface area (Å²) < 4.78 is 0. The second-order valence-electron chi connectivity index (χ2n) is 1.72. The number of carboxylic acid groups (broad SMARTS) is 6. The zero-order valence-corrected chi connectivity index (χ0v) is 15.2. The Labute approximate surface area is 174 Å². The molecule has 0 unspecified atom stereocenters. The van der Waals surface area contributed by atoms with E-state index in [1.54, 1.807) is 0 Å². The summed E-state index contributed by atoms with van der Waals surface area (Å²) in [6.45, 7) is 0. The van der Waals surface area contributed by atoms with Crippen molar-refractivity contribution >= 4 is 35.8 Å². The topological polar surface area (TPSA) is 398 Å². The molecule has 0 aliphatic rings. The molecule has 19 heteroatoms. The summed E-state index contributed by atoms with van der Waals surface area (Å²) in [5.74, 6) is -13.1. The summed E-state index contributed by atoms with van der Waals surface area (Å²) in [5.41, 5.74) is 0. The predicted molar refractivity (Wildman–Crippen MR) is 48.1 cm³/mol. The molecule has 0 bridgehead atoms. The third-order valence-corrected chi connectivity index (χ3v) is 0.500. The van der Waals surface area contributed by atoms with Crippen LogP contribution in [-0.4, -0.2) is 63.2 Å². The van der Waals surface area contributed by atoms with E-state index in [0.717, 1.165) is 0 Å². The van der Waals surface area contributed by atoms with E-state index in [4.69, 9.17) is 59.4 Å². The standard InChI is InChI=1S/3C2H2O4.5H2O.2Sc/c3*3-1(4)2(5)6;;;;;;;/h3*(H,3,4)(H,5,6);5*1H2;;/q;;;;;;;;2*+3/p-6. The van der Waals surface area contributed by atoms with Gasteiger partial charge in [-0.25, -0.2) is 0 Å². The van der Waals surface area contributed by atoms with Gasteiger partial charge in [-0.3, -0.25) is 0 Å². The van der Waals surface area contributed by atoms with Crippen molar-refractivity contribution in [3.8, 4) is 0 Å². The van der Waals surface area contributed by atoms with Crippen LogP contribution in [0.15, 0.2) is 0 Å². The zero-order chi connectivity index (χ0) is 15.5. The van der Waals surface area contributed by atoms with Crippen LogP contribution < -0.4 is 30.6 Å². The van der Waals surface area contributed by atoms with Gasteiger partial charge in [-0.1, -0.05) is 0 Å². The molecular formula is C6H10O17Sc2. The summed E-state index contributed by atoms with van der Waals surface area (Å²) in [6, 6.07) is 0. The Bertz CT molecular complexity index is 284. The minimum atomic E-state index is -2.19. The molecule has 10 N–H and O–H groups in total. The van der Waals surface area contributed by atoms with Crippen molar-refractivity contribution in [3.63, 3.8) is 0 Å². The Morgan fingerprint density at radius 2 is 0.360 bits per heavy atom. The van der Waals surface area contributed by atoms with Crippen molar-refractivity contribution in [2.75, 3.05) is 0 Å². The number of aliphatic carboxylic acids is 6. The van der Waals surface area contributed by atoms with Crippen LogP contribution in [0.1, 0.15) is 0 Å². The largest absolute Gasteiger partial charge is 3.00 e. The first kappa shape index (κ1) is 65.4. The third kappa shape index (κ3) is 86.4. The molecule has 0 aromatic rings. The first-order valence-electron chi connectivity index (χ1n) is 3.20. The smallest absolute Gasteiger partial charge is 0.543 e. The number of carbonyl (C=O) groups excluding carboxylic acids is 6. The Balaban J connectivity index is -0.0000000148. The number of hydrogen-bond donors (Lipinski definition) is 0. The molecule has 142 valence electrons. The van der Waals surface area contributed by atoms with Crippen LogP contribution >= 0.6 is 0 Å².